The van der Waals surface area contributed by atoms with Gasteiger partial charge in [0.15, 0.2) is 16.6 Å². The fraction of sp³-hybridized carbons (Fsp3) is 0.167. The molecule has 2 aliphatic heterocycles. The third kappa shape index (κ3) is 4.40. The smallest absolute Gasteiger partial charge is 0.301 e. The van der Waals surface area contributed by atoms with E-state index in [9.17, 15) is 14.7 Å². The number of Topliss-reactive ketones (excluding diaryl/α,β-unsaturated/α-hetero) is 1. The Balaban J connectivity index is 1.50. The molecule has 1 atom stereocenters. The second-order valence-electron chi connectivity index (χ2n) is 9.16. The van der Waals surface area contributed by atoms with Gasteiger partial charge >= 0.3 is 5.91 Å². The van der Waals surface area contributed by atoms with Gasteiger partial charge in [-0.1, -0.05) is 42.2 Å². The maximum Gasteiger partial charge on any atom is 0.301 e. The van der Waals surface area contributed by atoms with Gasteiger partial charge in [0.2, 0.25) is 0 Å². The van der Waals surface area contributed by atoms with Crippen LogP contribution in [0.15, 0.2) is 78.9 Å². The van der Waals surface area contributed by atoms with Gasteiger partial charge in [-0.25, -0.2) is 4.98 Å². The highest BCUT2D eigenvalue weighted by Crippen LogP contribution is 2.45. The van der Waals surface area contributed by atoms with Crippen LogP contribution in [0.4, 0.5) is 5.13 Å². The third-order valence-electron chi connectivity index (χ3n) is 6.56. The molecule has 6 rings (SSSR count). The maximum atomic E-state index is 13.5. The number of fused-ring (bicyclic) bond motifs is 2. The van der Waals surface area contributed by atoms with Crippen LogP contribution >= 0.6 is 11.3 Å². The number of aryl methyl sites for hydroxylation is 1. The summed E-state index contributed by atoms with van der Waals surface area (Å²) < 4.78 is 17.8. The number of carbonyl (C=O) groups is 2. The Bertz CT molecular complexity index is 1660. The van der Waals surface area contributed by atoms with Crippen LogP contribution in [-0.4, -0.2) is 41.6 Å². The number of aliphatic hydroxyl groups is 1. The van der Waals surface area contributed by atoms with Crippen molar-refractivity contribution in [2.45, 2.75) is 13.0 Å². The fourth-order valence-electron chi connectivity index (χ4n) is 4.72. The van der Waals surface area contributed by atoms with E-state index in [4.69, 9.17) is 14.2 Å². The van der Waals surface area contributed by atoms with E-state index in [1.165, 1.54) is 16.2 Å². The Morgan fingerprint density at radius 3 is 2.64 bits per heavy atom. The molecular weight excluding hydrogens is 516 g/mol. The normalized spacial score (nSPS) is 18.0. The highest BCUT2D eigenvalue weighted by atomic mass is 32.1. The van der Waals surface area contributed by atoms with Crippen molar-refractivity contribution < 1.29 is 28.9 Å². The van der Waals surface area contributed by atoms with E-state index in [0.717, 1.165) is 15.8 Å². The number of benzene rings is 3. The molecule has 0 bridgehead atoms. The predicted molar refractivity (Wildman–Crippen MR) is 149 cm³/mol. The lowest BCUT2D eigenvalue weighted by Crippen LogP contribution is -2.29. The Hall–Kier alpha value is -4.63. The lowest BCUT2D eigenvalue weighted by Gasteiger charge is -2.23. The first-order valence-corrected chi connectivity index (χ1v) is 13.2. The maximum absolute atomic E-state index is 13.5. The van der Waals surface area contributed by atoms with Crippen molar-refractivity contribution in [1.82, 2.24) is 4.98 Å². The number of hydrogen-bond acceptors (Lipinski definition) is 8. The summed E-state index contributed by atoms with van der Waals surface area (Å²) >= 11 is 1.32. The van der Waals surface area contributed by atoms with E-state index >= 15 is 0 Å². The molecule has 0 saturated carbocycles. The summed E-state index contributed by atoms with van der Waals surface area (Å²) in [5, 5.41) is 11.9. The minimum absolute atomic E-state index is 0.0353. The van der Waals surface area contributed by atoms with Crippen molar-refractivity contribution in [2.75, 3.05) is 24.7 Å². The number of thiazole rings is 1. The average Bonchev–Trinajstić information content (AvgIpc) is 3.48. The van der Waals surface area contributed by atoms with Gasteiger partial charge in [0.25, 0.3) is 5.78 Å². The molecule has 1 fully saturated rings. The van der Waals surface area contributed by atoms with E-state index in [1.54, 1.807) is 48.5 Å². The van der Waals surface area contributed by atoms with E-state index in [-0.39, 0.29) is 11.3 Å². The molecule has 1 saturated heterocycles. The number of rotatable bonds is 6. The minimum atomic E-state index is -0.909. The zero-order valence-corrected chi connectivity index (χ0v) is 21.9. The number of anilines is 1. The van der Waals surface area contributed by atoms with Crippen LogP contribution in [0.3, 0.4) is 0 Å². The first-order chi connectivity index (χ1) is 18.9. The summed E-state index contributed by atoms with van der Waals surface area (Å²) in [6.07, 6.45) is 1.64. The summed E-state index contributed by atoms with van der Waals surface area (Å²) in [6.45, 7) is 6.78. The van der Waals surface area contributed by atoms with E-state index in [1.807, 2.05) is 25.1 Å². The number of aliphatic hydroxyl groups excluding tert-OH is 1. The molecule has 1 amide bonds. The third-order valence-corrected chi connectivity index (χ3v) is 7.58. The first-order valence-electron chi connectivity index (χ1n) is 12.4. The molecule has 3 heterocycles. The lowest BCUT2D eigenvalue weighted by molar-refractivity contribution is -0.132. The van der Waals surface area contributed by atoms with Crippen LogP contribution in [0.25, 0.3) is 16.0 Å². The van der Waals surface area contributed by atoms with Gasteiger partial charge in [0.1, 0.15) is 31.3 Å². The predicted octanol–water partition coefficient (Wildman–Crippen LogP) is 5.57. The zero-order chi connectivity index (χ0) is 27.1. The SMILES string of the molecule is C=CCOc1ccc([C@@H]2C(=C(O)c3ccc4c(c3)OCCO4)C(=O)C(=O)N2c2nc3ccc(C)cc3s2)cc1. The van der Waals surface area contributed by atoms with Gasteiger partial charge in [-0.3, -0.25) is 14.5 Å². The quantitative estimate of drug-likeness (QED) is 0.148. The monoisotopic (exact) mass is 540 g/mol. The molecule has 0 unspecified atom stereocenters. The van der Waals surface area contributed by atoms with E-state index in [2.05, 4.69) is 11.6 Å². The minimum Gasteiger partial charge on any atom is -0.507 e. The molecular formula is C30H24N2O6S. The van der Waals surface area contributed by atoms with Gasteiger partial charge in [-0.05, 0) is 60.5 Å². The van der Waals surface area contributed by atoms with Crippen molar-refractivity contribution in [3.05, 3.63) is 95.6 Å². The molecule has 39 heavy (non-hydrogen) atoms. The number of carbonyl (C=O) groups excluding carboxylic acids is 2. The molecule has 4 aromatic rings. The van der Waals surface area contributed by atoms with Crippen LogP contribution in [-0.2, 0) is 9.59 Å². The van der Waals surface area contributed by atoms with Gasteiger partial charge in [0.05, 0.1) is 21.8 Å². The standard InChI is InChI=1S/C30H24N2O6S/c1-3-12-36-20-8-5-18(6-9-20)26-25(27(33)19-7-11-22-23(16-19)38-14-13-37-22)28(34)29(35)32(26)30-31-21-10-4-17(2)15-24(21)39-30/h3-11,15-16,26,33H,1,12-14H2,2H3/t26-/m1/s1. The van der Waals surface area contributed by atoms with Crippen LogP contribution in [0, 0.1) is 6.92 Å². The number of ether oxygens (including phenoxy) is 3. The second-order valence-corrected chi connectivity index (χ2v) is 10.2. The van der Waals surface area contributed by atoms with Crippen LogP contribution in [0.1, 0.15) is 22.7 Å². The van der Waals surface area contributed by atoms with E-state index in [0.29, 0.717) is 53.3 Å². The number of amides is 1. The van der Waals surface area contributed by atoms with Crippen LogP contribution < -0.4 is 19.1 Å². The topological polar surface area (TPSA) is 98.2 Å². The second kappa shape index (κ2) is 9.92. The molecule has 0 radical (unpaired) electrons. The number of ketones is 1. The Kier molecular flexibility index (Phi) is 6.28. The molecule has 8 nitrogen and oxygen atoms in total. The van der Waals surface area contributed by atoms with Crippen LogP contribution in [0.5, 0.6) is 17.2 Å². The fourth-order valence-corrected chi connectivity index (χ4v) is 5.81. The summed E-state index contributed by atoms with van der Waals surface area (Å²) in [5.74, 6) is -0.243. The first kappa shape index (κ1) is 24.7. The molecule has 1 N–H and O–H groups in total. The van der Waals surface area contributed by atoms with Crippen molar-refractivity contribution in [1.29, 1.82) is 0 Å². The Labute approximate surface area is 228 Å². The number of nitrogens with zero attached hydrogens (tertiary/aromatic N) is 2. The summed E-state index contributed by atoms with van der Waals surface area (Å²) in [4.78, 5) is 33.1. The highest BCUT2D eigenvalue weighted by molar-refractivity contribution is 7.22. The van der Waals surface area contributed by atoms with Crippen molar-refractivity contribution in [3.8, 4) is 17.2 Å². The van der Waals surface area contributed by atoms with Gasteiger partial charge in [-0.15, -0.1) is 0 Å². The Morgan fingerprint density at radius 1 is 1.10 bits per heavy atom. The molecule has 196 valence electrons. The molecule has 9 heteroatoms. The van der Waals surface area contributed by atoms with E-state index < -0.39 is 17.7 Å². The largest absolute Gasteiger partial charge is 0.507 e. The highest BCUT2D eigenvalue weighted by Gasteiger charge is 2.48. The Morgan fingerprint density at radius 2 is 1.87 bits per heavy atom. The van der Waals surface area contributed by atoms with Gasteiger partial charge < -0.3 is 19.3 Å². The molecule has 0 spiro atoms. The number of aromatic nitrogens is 1. The molecule has 2 aliphatic rings. The summed E-state index contributed by atoms with van der Waals surface area (Å²) in [7, 11) is 0. The molecule has 0 aliphatic carbocycles. The molecule has 1 aromatic heterocycles. The van der Waals surface area contributed by atoms with Crippen molar-refractivity contribution in [2.24, 2.45) is 0 Å². The average molecular weight is 541 g/mol. The molecule has 3 aromatic carbocycles. The summed E-state index contributed by atoms with van der Waals surface area (Å²) in [5.41, 5.74) is 2.71. The van der Waals surface area contributed by atoms with Crippen LogP contribution in [0.2, 0.25) is 0 Å². The number of hydrogen-bond donors (Lipinski definition) is 1. The zero-order valence-electron chi connectivity index (χ0n) is 21.0. The van der Waals surface area contributed by atoms with Gasteiger partial charge in [0, 0.05) is 5.56 Å². The lowest BCUT2D eigenvalue weighted by atomic mass is 9.95. The van der Waals surface area contributed by atoms with Gasteiger partial charge in [-0.2, -0.15) is 0 Å². The van der Waals surface area contributed by atoms with Crippen molar-refractivity contribution >= 4 is 44.1 Å². The summed E-state index contributed by atoms with van der Waals surface area (Å²) in [6, 6.07) is 16.9. The van der Waals surface area contributed by atoms with Crippen molar-refractivity contribution in [3.63, 3.8) is 0 Å².